The Labute approximate surface area is 89.4 Å². The first-order valence-electron chi connectivity index (χ1n) is 3.59. The van der Waals surface area contributed by atoms with Gasteiger partial charge in [0.05, 0.1) is 5.82 Å². The van der Waals surface area contributed by atoms with Crippen LogP contribution in [0.2, 0.25) is 0 Å². The van der Waals surface area contributed by atoms with Crippen LogP contribution < -0.4 is 0 Å². The van der Waals surface area contributed by atoms with E-state index in [1.165, 1.54) is 4.68 Å². The second-order valence-electron chi connectivity index (χ2n) is 2.36. The summed E-state index contributed by atoms with van der Waals surface area (Å²) in [5.41, 5.74) is 0. The van der Waals surface area contributed by atoms with Crippen molar-refractivity contribution in [3.8, 4) is 5.82 Å². The summed E-state index contributed by atoms with van der Waals surface area (Å²) in [4.78, 5) is 7.97. The van der Waals surface area contributed by atoms with E-state index >= 15 is 0 Å². The molecular weight excluding hydrogens is 344 g/mol. The Hall–Kier alpha value is -1.06. The van der Waals surface area contributed by atoms with Crippen LogP contribution in [0.3, 0.4) is 0 Å². The maximum absolute atomic E-state index is 4.09. The quantitative estimate of drug-likeness (QED) is 0.713. The van der Waals surface area contributed by atoms with Crippen molar-refractivity contribution in [1.29, 1.82) is 0 Å². The number of nitrogens with zero attached hydrogens (tertiary/aromatic N) is 4. The average Bonchev–Trinajstić information content (AvgIpc) is 2.54. The van der Waals surface area contributed by atoms with Crippen LogP contribution in [0.25, 0.3) is 5.82 Å². The molecule has 0 aliphatic carbocycles. The van der Waals surface area contributed by atoms with Crippen LogP contribution in [0.1, 0.15) is 5.82 Å². The molecule has 0 fully saturated rings. The summed E-state index contributed by atoms with van der Waals surface area (Å²) in [7, 11) is 0. The predicted octanol–water partition coefficient (Wildman–Crippen LogP) is 0.768. The second-order valence-corrected chi connectivity index (χ2v) is 2.36. The normalized spacial score (nSPS) is 9.31. The van der Waals surface area contributed by atoms with E-state index in [1.54, 1.807) is 6.20 Å². The molecule has 2 aromatic heterocycles. The first-order chi connectivity index (χ1) is 5.86. The minimum atomic E-state index is 0. The Morgan fingerprint density at radius 1 is 1.38 bits per heavy atom. The van der Waals surface area contributed by atoms with Gasteiger partial charge in [-0.25, -0.2) is 5.10 Å². The summed E-state index contributed by atoms with van der Waals surface area (Å²) in [5.74, 6) is 1.43. The zero-order valence-electron chi connectivity index (χ0n) is 6.93. The molecule has 0 unspecified atom stereocenters. The molecule has 0 saturated heterocycles. The maximum Gasteiger partial charge on any atom is 0.0534 e. The van der Waals surface area contributed by atoms with Gasteiger partial charge < -0.3 is 14.6 Å². The van der Waals surface area contributed by atoms with Gasteiger partial charge in [-0.15, -0.1) is 0 Å². The molecule has 0 aliphatic rings. The number of pyridine rings is 1. The van der Waals surface area contributed by atoms with Gasteiger partial charge in [0.25, 0.3) is 0 Å². The van der Waals surface area contributed by atoms with Crippen molar-refractivity contribution in [3.05, 3.63) is 36.5 Å². The molecule has 2 heterocycles. The molecule has 0 spiro atoms. The van der Waals surface area contributed by atoms with Crippen molar-refractivity contribution in [2.75, 3.05) is 0 Å². The van der Waals surface area contributed by atoms with Gasteiger partial charge in [-0.3, -0.25) is 0 Å². The van der Waals surface area contributed by atoms with Gasteiger partial charge in [-0.2, -0.15) is 0 Å². The molecule has 1 radical (unpaired) electrons. The first kappa shape index (κ1) is 10.0. The van der Waals surface area contributed by atoms with E-state index in [2.05, 4.69) is 21.4 Å². The summed E-state index contributed by atoms with van der Waals surface area (Å²) in [6.07, 6.45) is 4.42. The number of rotatable bonds is 1. The summed E-state index contributed by atoms with van der Waals surface area (Å²) >= 11 is 0. The van der Waals surface area contributed by atoms with Gasteiger partial charge in [-0.1, -0.05) is 12.1 Å². The van der Waals surface area contributed by atoms with Crippen LogP contribution in [-0.2, 0) is 20.1 Å². The Kier molecular flexibility index (Phi) is 3.28. The Balaban J connectivity index is 0.000000845. The summed E-state index contributed by atoms with van der Waals surface area (Å²) in [6.45, 7) is 1.82. The second kappa shape index (κ2) is 4.25. The molecule has 4 nitrogen and oxygen atoms in total. The smallest absolute Gasteiger partial charge is 0.0534 e. The molecule has 2 aromatic rings. The van der Waals surface area contributed by atoms with Crippen LogP contribution >= 0.6 is 0 Å². The van der Waals surface area contributed by atoms with Gasteiger partial charge in [0.15, 0.2) is 0 Å². The maximum atomic E-state index is 4.09. The molecule has 0 bridgehead atoms. The Bertz CT molecular complexity index is 371. The third kappa shape index (κ3) is 2.20. The first-order valence-corrected chi connectivity index (χ1v) is 3.59. The fourth-order valence-electron chi connectivity index (χ4n) is 0.891. The van der Waals surface area contributed by atoms with E-state index in [-0.39, 0.29) is 20.1 Å². The number of hydrogen-bond donors (Lipinski definition) is 0. The largest absolute Gasteiger partial charge is 0.350 e. The summed E-state index contributed by atoms with van der Waals surface area (Å²) < 4.78 is 1.52. The van der Waals surface area contributed by atoms with E-state index in [9.17, 15) is 0 Å². The SMILES string of the molecule is Cc1n[c-]n(-c2ccccn2)n1.[Ir]. The number of hydrogen-bond acceptors (Lipinski definition) is 3. The number of aromatic nitrogens is 4. The van der Waals surface area contributed by atoms with Gasteiger partial charge in [0.1, 0.15) is 0 Å². The van der Waals surface area contributed by atoms with Crippen molar-refractivity contribution < 1.29 is 20.1 Å². The monoisotopic (exact) mass is 352 g/mol. The van der Waals surface area contributed by atoms with Gasteiger partial charge in [-0.05, 0) is 13.0 Å². The summed E-state index contributed by atoms with van der Waals surface area (Å²) in [6, 6.07) is 5.60. The molecule has 2 rings (SSSR count). The van der Waals surface area contributed by atoms with Gasteiger partial charge in [0.2, 0.25) is 0 Å². The minimum absolute atomic E-state index is 0. The average molecular weight is 351 g/mol. The number of aryl methyl sites for hydroxylation is 1. The zero-order chi connectivity index (χ0) is 8.39. The predicted molar refractivity (Wildman–Crippen MR) is 42.7 cm³/mol. The van der Waals surface area contributed by atoms with Crippen LogP contribution in [0, 0.1) is 13.3 Å². The molecule has 0 aliphatic heterocycles. The van der Waals surface area contributed by atoms with Crippen molar-refractivity contribution in [2.24, 2.45) is 0 Å². The molecule has 0 saturated carbocycles. The van der Waals surface area contributed by atoms with Crippen molar-refractivity contribution in [3.63, 3.8) is 0 Å². The van der Waals surface area contributed by atoms with Gasteiger partial charge >= 0.3 is 0 Å². The molecule has 5 heteroatoms. The topological polar surface area (TPSA) is 43.6 Å². The molecule has 0 N–H and O–H groups in total. The fraction of sp³-hybridized carbons (Fsp3) is 0.125. The van der Waals surface area contributed by atoms with Gasteiger partial charge in [0, 0.05) is 38.5 Å². The van der Waals surface area contributed by atoms with Crippen LogP contribution in [-0.4, -0.2) is 19.7 Å². The van der Waals surface area contributed by atoms with Crippen LogP contribution in [0.5, 0.6) is 0 Å². The third-order valence-corrected chi connectivity index (χ3v) is 1.42. The molecule has 69 valence electrons. The summed E-state index contributed by atoms with van der Waals surface area (Å²) in [5, 5.41) is 4.07. The van der Waals surface area contributed by atoms with E-state index in [0.29, 0.717) is 5.82 Å². The minimum Gasteiger partial charge on any atom is -0.350 e. The van der Waals surface area contributed by atoms with Crippen molar-refractivity contribution >= 4 is 0 Å². The molecule has 0 aromatic carbocycles. The van der Waals surface area contributed by atoms with E-state index in [4.69, 9.17) is 0 Å². The van der Waals surface area contributed by atoms with Crippen LogP contribution in [0.15, 0.2) is 24.4 Å². The zero-order valence-corrected chi connectivity index (χ0v) is 9.33. The van der Waals surface area contributed by atoms with E-state index in [0.717, 1.165) is 5.82 Å². The molecule has 13 heavy (non-hydrogen) atoms. The van der Waals surface area contributed by atoms with Crippen molar-refractivity contribution in [1.82, 2.24) is 19.7 Å². The fourth-order valence-corrected chi connectivity index (χ4v) is 0.891. The Morgan fingerprint density at radius 3 is 2.77 bits per heavy atom. The Morgan fingerprint density at radius 2 is 2.23 bits per heavy atom. The molecule has 0 atom stereocenters. The van der Waals surface area contributed by atoms with E-state index < -0.39 is 0 Å². The third-order valence-electron chi connectivity index (χ3n) is 1.42. The molecule has 0 amide bonds. The molecular formula is C8H7IrN4-. The van der Waals surface area contributed by atoms with Crippen molar-refractivity contribution in [2.45, 2.75) is 6.92 Å². The van der Waals surface area contributed by atoms with Crippen LogP contribution in [0.4, 0.5) is 0 Å². The standard InChI is InChI=1S/C8H7N4.Ir/c1-7-10-6-12(11-7)8-4-2-3-5-9-8;/h2-5H,1H3;/q-1;. The van der Waals surface area contributed by atoms with E-state index in [1.807, 2.05) is 25.1 Å².